The van der Waals surface area contributed by atoms with Crippen molar-refractivity contribution < 1.29 is 0 Å². The Kier molecular flexibility index (Phi) is 2.23. The van der Waals surface area contributed by atoms with Crippen LogP contribution in [0.15, 0.2) is 42.6 Å². The summed E-state index contributed by atoms with van der Waals surface area (Å²) in [7, 11) is 0. The predicted molar refractivity (Wildman–Crippen MR) is 67.8 cm³/mol. The van der Waals surface area contributed by atoms with Crippen molar-refractivity contribution in [2.75, 3.05) is 5.73 Å². The van der Waals surface area contributed by atoms with E-state index in [9.17, 15) is 0 Å². The molecule has 0 aliphatic heterocycles. The number of nitrogens with two attached hydrogens (primary N) is 1. The van der Waals surface area contributed by atoms with Gasteiger partial charge in [0.25, 0.3) is 0 Å². The molecule has 17 heavy (non-hydrogen) atoms. The molecule has 0 fully saturated rings. The number of rotatable bonds is 1. The highest BCUT2D eigenvalue weighted by Crippen LogP contribution is 2.20. The van der Waals surface area contributed by atoms with E-state index in [1.54, 1.807) is 10.6 Å². The summed E-state index contributed by atoms with van der Waals surface area (Å²) < 4.78 is 1.67. The maximum absolute atomic E-state index is 5.84. The van der Waals surface area contributed by atoms with Crippen LogP contribution in [0.3, 0.4) is 0 Å². The topological polar surface area (TPSA) is 56.2 Å². The highest BCUT2D eigenvalue weighted by atomic mass is 35.5. The summed E-state index contributed by atoms with van der Waals surface area (Å²) >= 11 is 5.84. The fourth-order valence-corrected chi connectivity index (χ4v) is 1.77. The van der Waals surface area contributed by atoms with E-state index < -0.39 is 0 Å². The summed E-state index contributed by atoms with van der Waals surface area (Å²) in [4.78, 5) is 4.40. The van der Waals surface area contributed by atoms with Crippen molar-refractivity contribution in [3.63, 3.8) is 0 Å². The van der Waals surface area contributed by atoms with Gasteiger partial charge >= 0.3 is 0 Å². The predicted octanol–water partition coefficient (Wildman–Crippen LogP) is 2.63. The van der Waals surface area contributed by atoms with Crippen LogP contribution in [0.25, 0.3) is 17.0 Å². The molecule has 3 rings (SSSR count). The minimum atomic E-state index is 0.611. The van der Waals surface area contributed by atoms with Crippen LogP contribution in [0, 0.1) is 0 Å². The quantitative estimate of drug-likeness (QED) is 0.716. The van der Waals surface area contributed by atoms with Gasteiger partial charge in [-0.25, -0.2) is 9.50 Å². The monoisotopic (exact) mass is 244 g/mol. The molecule has 0 radical (unpaired) electrons. The van der Waals surface area contributed by atoms with Gasteiger partial charge in [0.15, 0.2) is 11.5 Å². The molecule has 0 saturated carbocycles. The van der Waals surface area contributed by atoms with Crippen LogP contribution in [-0.4, -0.2) is 14.6 Å². The van der Waals surface area contributed by atoms with E-state index in [0.717, 1.165) is 5.56 Å². The summed E-state index contributed by atoms with van der Waals surface area (Å²) in [6.07, 6.45) is 1.82. The van der Waals surface area contributed by atoms with Gasteiger partial charge in [-0.15, -0.1) is 5.10 Å². The molecule has 2 aromatic heterocycles. The van der Waals surface area contributed by atoms with E-state index in [2.05, 4.69) is 10.1 Å². The number of halogens is 1. The molecule has 2 N–H and O–H groups in total. The lowest BCUT2D eigenvalue weighted by Gasteiger charge is -1.93. The summed E-state index contributed by atoms with van der Waals surface area (Å²) in [5.41, 5.74) is 8.02. The number of nitrogen functional groups attached to an aromatic ring is 1. The molecule has 3 aromatic rings. The van der Waals surface area contributed by atoms with Crippen LogP contribution in [0.4, 0.5) is 5.69 Å². The average Bonchev–Trinajstić information content (AvgIpc) is 2.75. The minimum absolute atomic E-state index is 0.611. The fourth-order valence-electron chi connectivity index (χ4n) is 1.65. The van der Waals surface area contributed by atoms with Crippen molar-refractivity contribution in [3.8, 4) is 11.4 Å². The zero-order valence-electron chi connectivity index (χ0n) is 8.84. The van der Waals surface area contributed by atoms with Gasteiger partial charge < -0.3 is 5.73 Å². The number of hydrogen-bond donors (Lipinski definition) is 1. The third-order valence-electron chi connectivity index (χ3n) is 2.49. The average molecular weight is 245 g/mol. The molecule has 2 heterocycles. The van der Waals surface area contributed by atoms with Crippen LogP contribution in [-0.2, 0) is 0 Å². The number of hydrogen-bond acceptors (Lipinski definition) is 3. The third kappa shape index (κ3) is 1.72. The molecule has 0 aliphatic carbocycles. The first-order chi connectivity index (χ1) is 8.24. The second kappa shape index (κ2) is 3.75. The Morgan fingerprint density at radius 3 is 2.59 bits per heavy atom. The maximum atomic E-state index is 5.84. The van der Waals surface area contributed by atoms with Gasteiger partial charge in [0.2, 0.25) is 0 Å². The maximum Gasteiger partial charge on any atom is 0.182 e. The van der Waals surface area contributed by atoms with Crippen molar-refractivity contribution in [1.29, 1.82) is 0 Å². The van der Waals surface area contributed by atoms with E-state index in [1.165, 1.54) is 0 Å². The van der Waals surface area contributed by atoms with Gasteiger partial charge in [0.1, 0.15) is 0 Å². The van der Waals surface area contributed by atoms with Gasteiger partial charge in [-0.05, 0) is 36.4 Å². The SMILES string of the molecule is Nc1cccn2nc(-c3ccc(Cl)cc3)nc12. The highest BCUT2D eigenvalue weighted by Gasteiger charge is 2.07. The second-order valence-electron chi connectivity index (χ2n) is 3.67. The summed E-state index contributed by atoms with van der Waals surface area (Å²) in [6.45, 7) is 0. The first-order valence-electron chi connectivity index (χ1n) is 5.11. The third-order valence-corrected chi connectivity index (χ3v) is 2.75. The molecule has 1 aromatic carbocycles. The van der Waals surface area contributed by atoms with E-state index in [4.69, 9.17) is 17.3 Å². The van der Waals surface area contributed by atoms with Gasteiger partial charge in [-0.1, -0.05) is 11.6 Å². The van der Waals surface area contributed by atoms with Gasteiger partial charge in [-0.3, -0.25) is 0 Å². The number of pyridine rings is 1. The lowest BCUT2D eigenvalue weighted by atomic mass is 10.2. The highest BCUT2D eigenvalue weighted by molar-refractivity contribution is 6.30. The van der Waals surface area contributed by atoms with Crippen LogP contribution in [0.5, 0.6) is 0 Å². The van der Waals surface area contributed by atoms with E-state index >= 15 is 0 Å². The summed E-state index contributed by atoms with van der Waals surface area (Å²) in [6, 6.07) is 11.0. The lowest BCUT2D eigenvalue weighted by molar-refractivity contribution is 0.967. The van der Waals surface area contributed by atoms with Gasteiger partial charge in [0.05, 0.1) is 5.69 Å². The zero-order valence-corrected chi connectivity index (χ0v) is 9.59. The van der Waals surface area contributed by atoms with E-state index in [1.807, 2.05) is 36.5 Å². The molecular weight excluding hydrogens is 236 g/mol. The smallest absolute Gasteiger partial charge is 0.182 e. The number of aromatic nitrogens is 3. The fraction of sp³-hybridized carbons (Fsp3) is 0. The molecular formula is C12H9ClN4. The molecule has 84 valence electrons. The molecule has 4 nitrogen and oxygen atoms in total. The Bertz CT molecular complexity index is 673. The Labute approximate surface area is 103 Å². The molecule has 0 atom stereocenters. The molecule has 0 amide bonds. The van der Waals surface area contributed by atoms with E-state index in [0.29, 0.717) is 22.2 Å². The molecule has 0 bridgehead atoms. The van der Waals surface area contributed by atoms with Crippen LogP contribution >= 0.6 is 11.6 Å². The number of fused-ring (bicyclic) bond motifs is 1. The van der Waals surface area contributed by atoms with Crippen molar-refractivity contribution in [2.24, 2.45) is 0 Å². The summed E-state index contributed by atoms with van der Waals surface area (Å²) in [5, 5.41) is 5.05. The molecule has 0 spiro atoms. The number of nitrogens with zero attached hydrogens (tertiary/aromatic N) is 3. The van der Waals surface area contributed by atoms with Crippen LogP contribution in [0.1, 0.15) is 0 Å². The molecule has 0 unspecified atom stereocenters. The normalized spacial score (nSPS) is 10.9. The van der Waals surface area contributed by atoms with Crippen molar-refractivity contribution in [2.45, 2.75) is 0 Å². The largest absolute Gasteiger partial charge is 0.396 e. The Morgan fingerprint density at radius 1 is 1.12 bits per heavy atom. The summed E-state index contributed by atoms with van der Waals surface area (Å²) in [5.74, 6) is 0.638. The van der Waals surface area contributed by atoms with Gasteiger partial charge in [-0.2, -0.15) is 0 Å². The standard InChI is InChI=1S/C12H9ClN4/c13-9-5-3-8(4-6-9)11-15-12-10(14)2-1-7-17(12)16-11/h1-7H,14H2. The van der Waals surface area contributed by atoms with Crippen LogP contribution in [0.2, 0.25) is 5.02 Å². The first kappa shape index (κ1) is 10.1. The molecule has 5 heteroatoms. The molecule has 0 saturated heterocycles. The number of benzene rings is 1. The zero-order chi connectivity index (χ0) is 11.8. The van der Waals surface area contributed by atoms with Crippen molar-refractivity contribution in [1.82, 2.24) is 14.6 Å². The Balaban J connectivity index is 2.18. The minimum Gasteiger partial charge on any atom is -0.396 e. The number of anilines is 1. The first-order valence-corrected chi connectivity index (χ1v) is 5.48. The van der Waals surface area contributed by atoms with Gasteiger partial charge in [0, 0.05) is 16.8 Å². The van der Waals surface area contributed by atoms with Crippen LogP contribution < -0.4 is 5.73 Å². The van der Waals surface area contributed by atoms with Crippen molar-refractivity contribution >= 4 is 22.9 Å². The van der Waals surface area contributed by atoms with E-state index in [-0.39, 0.29) is 0 Å². The Morgan fingerprint density at radius 2 is 1.88 bits per heavy atom. The lowest BCUT2D eigenvalue weighted by Crippen LogP contribution is -1.92. The second-order valence-corrected chi connectivity index (χ2v) is 4.11. The molecule has 0 aliphatic rings. The van der Waals surface area contributed by atoms with Crippen molar-refractivity contribution in [3.05, 3.63) is 47.6 Å². The Hall–Kier alpha value is -2.07.